The number of piperidine rings is 1. The Morgan fingerprint density at radius 3 is 2.44 bits per heavy atom. The fourth-order valence-electron chi connectivity index (χ4n) is 1.89. The van der Waals surface area contributed by atoms with Crippen molar-refractivity contribution in [3.8, 4) is 0 Å². The van der Waals surface area contributed by atoms with Crippen LogP contribution in [0.15, 0.2) is 0 Å². The van der Waals surface area contributed by atoms with Crippen LogP contribution in [-0.2, 0) is 14.3 Å². The minimum absolute atomic E-state index is 0.0900. The zero-order valence-electron chi connectivity index (χ0n) is 11.4. The van der Waals surface area contributed by atoms with Crippen LogP contribution in [0.4, 0.5) is 4.79 Å². The molecule has 1 fully saturated rings. The van der Waals surface area contributed by atoms with Gasteiger partial charge < -0.3 is 15.2 Å². The van der Waals surface area contributed by atoms with Gasteiger partial charge in [0.05, 0.1) is 7.11 Å². The lowest BCUT2D eigenvalue weighted by Gasteiger charge is -2.37. The van der Waals surface area contributed by atoms with E-state index in [9.17, 15) is 9.59 Å². The molecule has 1 amide bonds. The van der Waals surface area contributed by atoms with Gasteiger partial charge >= 0.3 is 12.1 Å². The van der Waals surface area contributed by atoms with E-state index in [2.05, 4.69) is 0 Å². The second-order valence-corrected chi connectivity index (χ2v) is 5.50. The number of hydrogen-bond donors (Lipinski definition) is 1. The maximum atomic E-state index is 12.0. The average molecular weight is 258 g/mol. The van der Waals surface area contributed by atoms with Crippen molar-refractivity contribution in [2.75, 3.05) is 13.7 Å². The predicted molar refractivity (Wildman–Crippen MR) is 66.0 cm³/mol. The number of likely N-dealkylation sites (tertiary alicyclic amines) is 1. The molecule has 2 atom stereocenters. The van der Waals surface area contributed by atoms with Gasteiger partial charge in [0.1, 0.15) is 11.6 Å². The third kappa shape index (κ3) is 3.87. The molecular weight excluding hydrogens is 236 g/mol. The first-order chi connectivity index (χ1) is 8.24. The largest absolute Gasteiger partial charge is 0.467 e. The fourth-order valence-corrected chi connectivity index (χ4v) is 1.89. The van der Waals surface area contributed by atoms with Crippen molar-refractivity contribution in [3.05, 3.63) is 0 Å². The molecule has 1 unspecified atom stereocenters. The highest BCUT2D eigenvalue weighted by Gasteiger charge is 2.37. The summed E-state index contributed by atoms with van der Waals surface area (Å²) in [4.78, 5) is 25.1. The van der Waals surface area contributed by atoms with Crippen LogP contribution in [0.1, 0.15) is 33.6 Å². The van der Waals surface area contributed by atoms with Gasteiger partial charge in [-0.05, 0) is 33.6 Å². The fraction of sp³-hybridized carbons (Fsp3) is 0.833. The average Bonchev–Trinajstić information content (AvgIpc) is 2.25. The molecule has 0 saturated carbocycles. The second-order valence-electron chi connectivity index (χ2n) is 5.50. The summed E-state index contributed by atoms with van der Waals surface area (Å²) in [5.41, 5.74) is 5.23. The van der Waals surface area contributed by atoms with Crippen molar-refractivity contribution < 1.29 is 19.1 Å². The van der Waals surface area contributed by atoms with Crippen LogP contribution < -0.4 is 5.73 Å². The Bertz CT molecular complexity index is 325. The predicted octanol–water partition coefficient (Wildman–Crippen LogP) is 0.886. The Balaban J connectivity index is 2.77. The van der Waals surface area contributed by atoms with Crippen molar-refractivity contribution in [1.82, 2.24) is 4.90 Å². The highest BCUT2D eigenvalue weighted by molar-refractivity contribution is 5.81. The van der Waals surface area contributed by atoms with Crippen molar-refractivity contribution in [1.29, 1.82) is 0 Å². The van der Waals surface area contributed by atoms with Gasteiger partial charge in [0, 0.05) is 12.6 Å². The number of carbonyl (C=O) groups excluding carboxylic acids is 2. The molecule has 0 aromatic heterocycles. The van der Waals surface area contributed by atoms with Gasteiger partial charge in [-0.3, -0.25) is 4.90 Å². The second kappa shape index (κ2) is 5.56. The summed E-state index contributed by atoms with van der Waals surface area (Å²) in [6.07, 6.45) is 0.573. The summed E-state index contributed by atoms with van der Waals surface area (Å²) in [5.74, 6) is -0.448. The van der Waals surface area contributed by atoms with Gasteiger partial charge in [0.2, 0.25) is 0 Å². The highest BCUT2D eigenvalue weighted by atomic mass is 16.6. The Labute approximate surface area is 107 Å². The Hall–Kier alpha value is -1.30. The van der Waals surface area contributed by atoms with Crippen LogP contribution in [-0.4, -0.2) is 48.3 Å². The molecule has 18 heavy (non-hydrogen) atoms. The summed E-state index contributed by atoms with van der Waals surface area (Å²) in [6, 6.07) is -0.735. The zero-order valence-corrected chi connectivity index (χ0v) is 11.4. The minimum Gasteiger partial charge on any atom is -0.467 e. The van der Waals surface area contributed by atoms with Gasteiger partial charge in [-0.2, -0.15) is 0 Å². The minimum atomic E-state index is -0.645. The number of ether oxygens (including phenoxy) is 2. The number of amides is 1. The molecule has 0 aromatic carbocycles. The first kappa shape index (κ1) is 14.8. The molecule has 1 rings (SSSR count). The first-order valence-corrected chi connectivity index (χ1v) is 6.07. The molecule has 1 saturated heterocycles. The highest BCUT2D eigenvalue weighted by Crippen LogP contribution is 2.20. The molecule has 6 heteroatoms. The van der Waals surface area contributed by atoms with Gasteiger partial charge in [-0.1, -0.05) is 0 Å². The van der Waals surface area contributed by atoms with E-state index in [1.54, 1.807) is 20.8 Å². The van der Waals surface area contributed by atoms with Crippen LogP contribution in [0.2, 0.25) is 0 Å². The number of rotatable bonds is 1. The molecule has 0 aliphatic carbocycles. The molecule has 104 valence electrons. The van der Waals surface area contributed by atoms with E-state index in [-0.39, 0.29) is 6.04 Å². The Morgan fingerprint density at radius 1 is 1.33 bits per heavy atom. The lowest BCUT2D eigenvalue weighted by atomic mass is 9.98. The first-order valence-electron chi connectivity index (χ1n) is 6.07. The van der Waals surface area contributed by atoms with E-state index >= 15 is 0 Å². The monoisotopic (exact) mass is 258 g/mol. The van der Waals surface area contributed by atoms with Gasteiger partial charge in [0.25, 0.3) is 0 Å². The van der Waals surface area contributed by atoms with Crippen LogP contribution in [0.3, 0.4) is 0 Å². The Morgan fingerprint density at radius 2 is 1.94 bits per heavy atom. The third-order valence-corrected chi connectivity index (χ3v) is 2.74. The molecule has 0 aromatic rings. The summed E-state index contributed by atoms with van der Waals surface area (Å²) in [5, 5.41) is 0. The standard InChI is InChI=1S/C12H22N2O4/c1-12(2,3)18-11(16)14-6-5-8(13)7-9(14)10(15)17-4/h8-9H,5-7,13H2,1-4H3/t8-,9?/m0/s1. The lowest BCUT2D eigenvalue weighted by Crippen LogP contribution is -2.54. The summed E-state index contributed by atoms with van der Waals surface area (Å²) < 4.78 is 9.98. The van der Waals surface area contributed by atoms with Crippen molar-refractivity contribution >= 4 is 12.1 Å². The molecular formula is C12H22N2O4. The SMILES string of the molecule is COC(=O)C1C[C@@H](N)CCN1C(=O)OC(C)(C)C. The van der Waals surface area contributed by atoms with Gasteiger partial charge in [-0.15, -0.1) is 0 Å². The smallest absolute Gasteiger partial charge is 0.411 e. The van der Waals surface area contributed by atoms with Crippen molar-refractivity contribution in [2.24, 2.45) is 5.73 Å². The van der Waals surface area contributed by atoms with E-state index < -0.39 is 23.7 Å². The molecule has 1 heterocycles. The summed E-state index contributed by atoms with van der Waals surface area (Å²) in [7, 11) is 1.30. The summed E-state index contributed by atoms with van der Waals surface area (Å²) >= 11 is 0. The van der Waals surface area contributed by atoms with Gasteiger partial charge in [-0.25, -0.2) is 9.59 Å². The van der Waals surface area contributed by atoms with E-state index in [0.717, 1.165) is 0 Å². The maximum Gasteiger partial charge on any atom is 0.411 e. The molecule has 0 radical (unpaired) electrons. The number of carbonyl (C=O) groups is 2. The Kier molecular flexibility index (Phi) is 4.56. The lowest BCUT2D eigenvalue weighted by molar-refractivity contribution is -0.148. The quantitative estimate of drug-likeness (QED) is 0.706. The third-order valence-electron chi connectivity index (χ3n) is 2.74. The number of esters is 1. The van der Waals surface area contributed by atoms with Crippen LogP contribution >= 0.6 is 0 Å². The van der Waals surface area contributed by atoms with E-state index in [1.165, 1.54) is 12.0 Å². The molecule has 6 nitrogen and oxygen atoms in total. The number of methoxy groups -OCH3 is 1. The number of nitrogens with two attached hydrogens (primary N) is 1. The number of hydrogen-bond acceptors (Lipinski definition) is 5. The van der Waals surface area contributed by atoms with E-state index in [0.29, 0.717) is 19.4 Å². The normalized spacial score (nSPS) is 24.6. The molecule has 1 aliphatic rings. The van der Waals surface area contributed by atoms with Gasteiger partial charge in [0.15, 0.2) is 0 Å². The van der Waals surface area contributed by atoms with E-state index in [1.807, 2.05) is 0 Å². The zero-order chi connectivity index (χ0) is 13.9. The van der Waals surface area contributed by atoms with Crippen molar-refractivity contribution in [2.45, 2.75) is 51.3 Å². The van der Waals surface area contributed by atoms with Crippen molar-refractivity contribution in [3.63, 3.8) is 0 Å². The maximum absolute atomic E-state index is 12.0. The van der Waals surface area contributed by atoms with Crippen LogP contribution in [0.25, 0.3) is 0 Å². The topological polar surface area (TPSA) is 81.9 Å². The van der Waals surface area contributed by atoms with Crippen LogP contribution in [0.5, 0.6) is 0 Å². The number of nitrogens with zero attached hydrogens (tertiary/aromatic N) is 1. The summed E-state index contributed by atoms with van der Waals surface area (Å²) in [6.45, 7) is 5.77. The van der Waals surface area contributed by atoms with Crippen LogP contribution in [0, 0.1) is 0 Å². The molecule has 2 N–H and O–H groups in total. The van der Waals surface area contributed by atoms with E-state index in [4.69, 9.17) is 15.2 Å². The molecule has 0 bridgehead atoms. The molecule has 0 spiro atoms. The molecule has 1 aliphatic heterocycles.